The van der Waals surface area contributed by atoms with Gasteiger partial charge in [-0.25, -0.2) is 19.3 Å². The van der Waals surface area contributed by atoms with Crippen molar-refractivity contribution in [1.29, 1.82) is 0 Å². The summed E-state index contributed by atoms with van der Waals surface area (Å²) in [6.45, 7) is 3.98. The number of hydrogen-bond acceptors (Lipinski definition) is 8. The molecule has 1 fully saturated rings. The Balaban J connectivity index is 1.24. The quantitative estimate of drug-likeness (QED) is 0.525. The Bertz CT molecular complexity index is 1120. The van der Waals surface area contributed by atoms with Crippen LogP contribution in [0.5, 0.6) is 0 Å². The minimum absolute atomic E-state index is 0.293. The number of hydrogen-bond donors (Lipinski definition) is 0. The zero-order valence-electron chi connectivity index (χ0n) is 15.6. The Kier molecular flexibility index (Phi) is 4.57. The summed E-state index contributed by atoms with van der Waals surface area (Å²) in [6, 6.07) is 9.93. The number of aromatic nitrogens is 5. The van der Waals surface area contributed by atoms with Gasteiger partial charge in [0.05, 0.1) is 11.9 Å². The third-order valence-electron chi connectivity index (χ3n) is 4.98. The van der Waals surface area contributed by atoms with Crippen molar-refractivity contribution in [2.75, 3.05) is 31.1 Å². The molecule has 1 aliphatic rings. The molecule has 0 atom stereocenters. The van der Waals surface area contributed by atoms with Gasteiger partial charge in [-0.3, -0.25) is 4.90 Å². The fraction of sp³-hybridized carbons (Fsp3) is 0.250. The van der Waals surface area contributed by atoms with Crippen LogP contribution in [-0.4, -0.2) is 56.2 Å². The lowest BCUT2D eigenvalue weighted by Crippen LogP contribution is -2.46. The molecule has 0 amide bonds. The van der Waals surface area contributed by atoms with Crippen molar-refractivity contribution < 1.29 is 8.91 Å². The van der Waals surface area contributed by atoms with Crippen LogP contribution in [0.2, 0.25) is 0 Å². The summed E-state index contributed by atoms with van der Waals surface area (Å²) in [5.41, 5.74) is 1.42. The Hall–Kier alpha value is -3.46. The summed E-state index contributed by atoms with van der Waals surface area (Å²) in [6.07, 6.45) is 3.30. The first-order valence-corrected chi connectivity index (χ1v) is 9.38. The van der Waals surface area contributed by atoms with Gasteiger partial charge in [0.15, 0.2) is 11.5 Å². The van der Waals surface area contributed by atoms with Crippen LogP contribution >= 0.6 is 0 Å². The van der Waals surface area contributed by atoms with Gasteiger partial charge in [0.2, 0.25) is 0 Å². The fourth-order valence-corrected chi connectivity index (χ4v) is 3.48. The predicted octanol–water partition coefficient (Wildman–Crippen LogP) is 2.54. The van der Waals surface area contributed by atoms with Crippen LogP contribution in [0, 0.1) is 5.82 Å². The van der Waals surface area contributed by atoms with Gasteiger partial charge in [-0.2, -0.15) is 4.98 Å². The van der Waals surface area contributed by atoms with E-state index in [4.69, 9.17) is 4.52 Å². The van der Waals surface area contributed by atoms with Gasteiger partial charge in [-0.15, -0.1) is 0 Å². The molecular weight excluding hydrogens is 373 g/mol. The number of benzene rings is 1. The van der Waals surface area contributed by atoms with Gasteiger partial charge in [-0.1, -0.05) is 5.16 Å². The molecule has 1 aromatic carbocycles. The lowest BCUT2D eigenvalue weighted by molar-refractivity contribution is 0.240. The standard InChI is InChI=1S/C20H18FN7O/c21-15-5-3-14(4-6-15)20-25-17(26-29-20)12-27-8-10-28(11-9-27)19-16-2-1-7-22-18(16)23-13-24-19/h1-7,13H,8-12H2. The Morgan fingerprint density at radius 2 is 1.79 bits per heavy atom. The van der Waals surface area contributed by atoms with E-state index in [0.717, 1.165) is 37.4 Å². The van der Waals surface area contributed by atoms with E-state index in [9.17, 15) is 4.39 Å². The predicted molar refractivity (Wildman–Crippen MR) is 105 cm³/mol. The van der Waals surface area contributed by atoms with Gasteiger partial charge in [0.25, 0.3) is 5.89 Å². The lowest BCUT2D eigenvalue weighted by atomic mass is 10.2. The van der Waals surface area contributed by atoms with Crippen molar-refractivity contribution in [3.8, 4) is 11.5 Å². The van der Waals surface area contributed by atoms with Crippen molar-refractivity contribution in [2.45, 2.75) is 6.54 Å². The summed E-state index contributed by atoms with van der Waals surface area (Å²) in [5, 5.41) is 5.03. The third-order valence-corrected chi connectivity index (χ3v) is 4.98. The van der Waals surface area contributed by atoms with Crippen LogP contribution in [0.4, 0.5) is 10.2 Å². The summed E-state index contributed by atoms with van der Waals surface area (Å²) in [4.78, 5) is 22.0. The van der Waals surface area contributed by atoms with E-state index in [1.807, 2.05) is 12.1 Å². The minimum atomic E-state index is -0.293. The highest BCUT2D eigenvalue weighted by Gasteiger charge is 2.21. The molecule has 0 spiro atoms. The molecule has 0 N–H and O–H groups in total. The summed E-state index contributed by atoms with van der Waals surface area (Å²) >= 11 is 0. The zero-order valence-corrected chi connectivity index (χ0v) is 15.6. The molecule has 29 heavy (non-hydrogen) atoms. The van der Waals surface area contributed by atoms with Crippen molar-refractivity contribution in [3.05, 3.63) is 60.6 Å². The number of piperazine rings is 1. The van der Waals surface area contributed by atoms with Crippen LogP contribution in [0.15, 0.2) is 53.4 Å². The van der Waals surface area contributed by atoms with E-state index >= 15 is 0 Å². The van der Waals surface area contributed by atoms with Crippen molar-refractivity contribution >= 4 is 16.9 Å². The van der Waals surface area contributed by atoms with E-state index < -0.39 is 0 Å². The van der Waals surface area contributed by atoms with Crippen LogP contribution in [0.25, 0.3) is 22.5 Å². The van der Waals surface area contributed by atoms with Crippen molar-refractivity contribution in [2.24, 2.45) is 0 Å². The smallest absolute Gasteiger partial charge is 0.257 e. The molecular formula is C20H18FN7O. The lowest BCUT2D eigenvalue weighted by Gasteiger charge is -2.35. The number of fused-ring (bicyclic) bond motifs is 1. The fourth-order valence-electron chi connectivity index (χ4n) is 3.48. The second-order valence-corrected chi connectivity index (χ2v) is 6.86. The topological polar surface area (TPSA) is 84.1 Å². The highest BCUT2D eigenvalue weighted by molar-refractivity contribution is 5.86. The maximum atomic E-state index is 13.1. The molecule has 1 aliphatic heterocycles. The van der Waals surface area contributed by atoms with Crippen molar-refractivity contribution in [1.82, 2.24) is 30.0 Å². The minimum Gasteiger partial charge on any atom is -0.353 e. The SMILES string of the molecule is Fc1ccc(-c2nc(CN3CCN(c4ncnc5ncccc45)CC3)no2)cc1. The molecule has 0 unspecified atom stereocenters. The normalized spacial score (nSPS) is 15.1. The number of anilines is 1. The summed E-state index contributed by atoms with van der Waals surface area (Å²) in [7, 11) is 0. The van der Waals surface area contributed by atoms with Crippen LogP contribution in [-0.2, 0) is 6.54 Å². The molecule has 9 heteroatoms. The molecule has 0 radical (unpaired) electrons. The van der Waals surface area contributed by atoms with Gasteiger partial charge < -0.3 is 9.42 Å². The second-order valence-electron chi connectivity index (χ2n) is 6.86. The zero-order chi connectivity index (χ0) is 19.6. The van der Waals surface area contributed by atoms with E-state index in [1.165, 1.54) is 12.1 Å². The second kappa shape index (κ2) is 7.51. The van der Waals surface area contributed by atoms with Gasteiger partial charge >= 0.3 is 0 Å². The molecule has 0 aliphatic carbocycles. The Morgan fingerprint density at radius 3 is 2.62 bits per heavy atom. The molecule has 3 aromatic heterocycles. The molecule has 0 saturated carbocycles. The molecule has 5 rings (SSSR count). The van der Waals surface area contributed by atoms with Crippen LogP contribution in [0.1, 0.15) is 5.82 Å². The molecule has 8 nitrogen and oxygen atoms in total. The molecule has 4 aromatic rings. The van der Waals surface area contributed by atoms with E-state index in [1.54, 1.807) is 24.7 Å². The maximum absolute atomic E-state index is 13.1. The summed E-state index contributed by atoms with van der Waals surface area (Å²) in [5.74, 6) is 1.65. The van der Waals surface area contributed by atoms with Crippen molar-refractivity contribution in [3.63, 3.8) is 0 Å². The number of pyridine rings is 1. The monoisotopic (exact) mass is 391 g/mol. The largest absolute Gasteiger partial charge is 0.353 e. The van der Waals surface area contributed by atoms with Gasteiger partial charge in [0.1, 0.15) is 18.0 Å². The molecule has 0 bridgehead atoms. The van der Waals surface area contributed by atoms with E-state index in [-0.39, 0.29) is 5.82 Å². The first-order valence-electron chi connectivity index (χ1n) is 9.38. The summed E-state index contributed by atoms with van der Waals surface area (Å²) < 4.78 is 18.4. The maximum Gasteiger partial charge on any atom is 0.257 e. The van der Waals surface area contributed by atoms with Gasteiger partial charge in [0, 0.05) is 37.9 Å². The first-order chi connectivity index (χ1) is 14.3. The third kappa shape index (κ3) is 3.64. The Morgan fingerprint density at radius 1 is 0.966 bits per heavy atom. The van der Waals surface area contributed by atoms with E-state index in [2.05, 4.69) is 34.9 Å². The first kappa shape index (κ1) is 17.6. The molecule has 4 heterocycles. The van der Waals surface area contributed by atoms with Crippen LogP contribution < -0.4 is 4.90 Å². The van der Waals surface area contributed by atoms with Gasteiger partial charge in [-0.05, 0) is 36.4 Å². The number of rotatable bonds is 4. The highest BCUT2D eigenvalue weighted by Crippen LogP contribution is 2.23. The average Bonchev–Trinajstić information content (AvgIpc) is 3.23. The number of halogens is 1. The number of nitrogens with zero attached hydrogens (tertiary/aromatic N) is 7. The highest BCUT2D eigenvalue weighted by atomic mass is 19.1. The molecule has 1 saturated heterocycles. The van der Waals surface area contributed by atoms with Crippen LogP contribution in [0.3, 0.4) is 0 Å². The average molecular weight is 391 g/mol. The Labute approximate surface area is 166 Å². The van der Waals surface area contributed by atoms with E-state index in [0.29, 0.717) is 29.5 Å². The molecule has 146 valence electrons.